The summed E-state index contributed by atoms with van der Waals surface area (Å²) in [5.74, 6) is 1.33. The van der Waals surface area contributed by atoms with Gasteiger partial charge in [-0.1, -0.05) is 30.3 Å². The van der Waals surface area contributed by atoms with Crippen LogP contribution in [0.1, 0.15) is 31.4 Å². The van der Waals surface area contributed by atoms with E-state index in [1.165, 1.54) is 5.56 Å². The van der Waals surface area contributed by atoms with Crippen LogP contribution in [0.25, 0.3) is 0 Å². The third kappa shape index (κ3) is 7.50. The lowest BCUT2D eigenvalue weighted by Crippen LogP contribution is -2.44. The van der Waals surface area contributed by atoms with Crippen LogP contribution in [-0.2, 0) is 9.47 Å². The molecular formula is C21H35IN4O2. The first-order chi connectivity index (χ1) is 13.4. The summed E-state index contributed by atoms with van der Waals surface area (Å²) < 4.78 is 11.5. The van der Waals surface area contributed by atoms with E-state index in [0.29, 0.717) is 5.92 Å². The Morgan fingerprint density at radius 2 is 1.93 bits per heavy atom. The van der Waals surface area contributed by atoms with Crippen LogP contribution in [0.2, 0.25) is 0 Å². The largest absolute Gasteiger partial charge is 0.379 e. The van der Waals surface area contributed by atoms with Crippen molar-refractivity contribution in [3.05, 3.63) is 35.9 Å². The Labute approximate surface area is 186 Å². The second-order valence-electron chi connectivity index (χ2n) is 7.20. The Hall–Kier alpha value is -0.900. The van der Waals surface area contributed by atoms with Gasteiger partial charge >= 0.3 is 0 Å². The van der Waals surface area contributed by atoms with E-state index in [9.17, 15) is 0 Å². The third-order valence-electron chi connectivity index (χ3n) is 5.23. The van der Waals surface area contributed by atoms with Crippen LogP contribution in [0.5, 0.6) is 0 Å². The number of benzene rings is 1. The van der Waals surface area contributed by atoms with Crippen LogP contribution in [0.4, 0.5) is 0 Å². The fourth-order valence-corrected chi connectivity index (χ4v) is 3.75. The Morgan fingerprint density at radius 3 is 2.68 bits per heavy atom. The second kappa shape index (κ2) is 13.3. The molecule has 3 rings (SSSR count). The predicted octanol–water partition coefficient (Wildman–Crippen LogP) is 2.66. The normalized spacial score (nSPS) is 23.7. The molecule has 1 aromatic rings. The quantitative estimate of drug-likeness (QED) is 0.341. The molecule has 2 aliphatic heterocycles. The summed E-state index contributed by atoms with van der Waals surface area (Å²) in [5, 5.41) is 6.85. The minimum Gasteiger partial charge on any atom is -0.379 e. The van der Waals surface area contributed by atoms with Gasteiger partial charge in [0, 0.05) is 51.8 Å². The molecule has 2 unspecified atom stereocenters. The molecule has 0 amide bonds. The average molecular weight is 502 g/mol. The highest BCUT2D eigenvalue weighted by atomic mass is 127. The highest BCUT2D eigenvalue weighted by Crippen LogP contribution is 2.33. The summed E-state index contributed by atoms with van der Waals surface area (Å²) >= 11 is 0. The summed E-state index contributed by atoms with van der Waals surface area (Å²) in [6, 6.07) is 10.6. The summed E-state index contributed by atoms with van der Waals surface area (Å²) in [6.45, 7) is 10.3. The van der Waals surface area contributed by atoms with E-state index in [-0.39, 0.29) is 30.1 Å². The first-order valence-electron chi connectivity index (χ1n) is 10.4. The number of morpholine rings is 1. The molecule has 0 aliphatic carbocycles. The molecule has 2 aliphatic rings. The molecule has 1 aromatic carbocycles. The molecule has 0 spiro atoms. The van der Waals surface area contributed by atoms with Crippen molar-refractivity contribution >= 4 is 29.9 Å². The Morgan fingerprint density at radius 1 is 1.14 bits per heavy atom. The first-order valence-corrected chi connectivity index (χ1v) is 10.4. The fourth-order valence-electron chi connectivity index (χ4n) is 3.75. The smallest absolute Gasteiger partial charge is 0.191 e. The van der Waals surface area contributed by atoms with Gasteiger partial charge in [0.2, 0.25) is 0 Å². The molecule has 0 saturated carbocycles. The van der Waals surface area contributed by atoms with Crippen molar-refractivity contribution < 1.29 is 9.47 Å². The van der Waals surface area contributed by atoms with E-state index in [1.54, 1.807) is 0 Å². The lowest BCUT2D eigenvalue weighted by Gasteiger charge is -2.31. The van der Waals surface area contributed by atoms with Crippen LogP contribution in [0.3, 0.4) is 0 Å². The Bertz CT molecular complexity index is 567. The topological polar surface area (TPSA) is 58.1 Å². The number of hydrogen-bond acceptors (Lipinski definition) is 4. The number of hydrogen-bond donors (Lipinski definition) is 2. The molecule has 2 saturated heterocycles. The first kappa shape index (κ1) is 23.4. The van der Waals surface area contributed by atoms with Crippen molar-refractivity contribution in [1.29, 1.82) is 0 Å². The highest BCUT2D eigenvalue weighted by molar-refractivity contribution is 14.0. The fraction of sp³-hybridized carbons (Fsp3) is 0.667. The maximum absolute atomic E-state index is 6.10. The maximum Gasteiger partial charge on any atom is 0.191 e. The molecular weight excluding hydrogens is 467 g/mol. The van der Waals surface area contributed by atoms with Crippen molar-refractivity contribution in [1.82, 2.24) is 15.5 Å². The van der Waals surface area contributed by atoms with Gasteiger partial charge in [-0.3, -0.25) is 9.89 Å². The number of halogens is 1. The minimum atomic E-state index is 0. The molecule has 2 atom stereocenters. The number of rotatable bonds is 7. The van der Waals surface area contributed by atoms with Gasteiger partial charge in [0.15, 0.2) is 5.96 Å². The zero-order valence-electron chi connectivity index (χ0n) is 16.9. The van der Waals surface area contributed by atoms with Gasteiger partial charge in [0.1, 0.15) is 0 Å². The van der Waals surface area contributed by atoms with Gasteiger partial charge in [-0.05, 0) is 25.3 Å². The molecule has 158 valence electrons. The molecule has 2 N–H and O–H groups in total. The van der Waals surface area contributed by atoms with Crippen molar-refractivity contribution in [3.63, 3.8) is 0 Å². The summed E-state index contributed by atoms with van der Waals surface area (Å²) in [6.07, 6.45) is 2.43. The predicted molar refractivity (Wildman–Crippen MR) is 125 cm³/mol. The zero-order valence-corrected chi connectivity index (χ0v) is 19.3. The molecule has 2 fully saturated rings. The van der Waals surface area contributed by atoms with Crippen LogP contribution in [0, 0.1) is 5.92 Å². The molecule has 0 bridgehead atoms. The van der Waals surface area contributed by atoms with E-state index >= 15 is 0 Å². The van der Waals surface area contributed by atoms with Gasteiger partial charge in [-0.15, -0.1) is 24.0 Å². The van der Waals surface area contributed by atoms with Crippen molar-refractivity contribution in [2.45, 2.75) is 25.9 Å². The van der Waals surface area contributed by atoms with E-state index in [1.807, 2.05) is 0 Å². The highest BCUT2D eigenvalue weighted by Gasteiger charge is 2.27. The Kier molecular flexibility index (Phi) is 11.1. The summed E-state index contributed by atoms with van der Waals surface area (Å²) in [4.78, 5) is 7.30. The van der Waals surface area contributed by atoms with Gasteiger partial charge < -0.3 is 20.1 Å². The minimum absolute atomic E-state index is 0. The van der Waals surface area contributed by atoms with Gasteiger partial charge in [-0.25, -0.2) is 0 Å². The standard InChI is InChI=1S/C21H34N4O2.HI/c1-2-22-21(23-10-11-25-12-15-26-16-13-25)24-17-19-9-6-14-27-20(19)18-7-4-3-5-8-18;/h3-5,7-8,19-20H,2,6,9-17H2,1H3,(H2,22,23,24);1H. The number of aliphatic imine (C=N–C) groups is 1. The molecule has 2 heterocycles. The Balaban J connectivity index is 0.00000280. The van der Waals surface area contributed by atoms with E-state index in [4.69, 9.17) is 14.5 Å². The molecule has 6 nitrogen and oxygen atoms in total. The molecule has 28 heavy (non-hydrogen) atoms. The van der Waals surface area contributed by atoms with Crippen LogP contribution >= 0.6 is 24.0 Å². The van der Waals surface area contributed by atoms with E-state index in [2.05, 4.69) is 52.8 Å². The zero-order chi connectivity index (χ0) is 18.7. The molecule has 0 aromatic heterocycles. The number of nitrogens with zero attached hydrogens (tertiary/aromatic N) is 2. The van der Waals surface area contributed by atoms with Crippen molar-refractivity contribution in [2.75, 3.05) is 59.1 Å². The van der Waals surface area contributed by atoms with Gasteiger partial charge in [-0.2, -0.15) is 0 Å². The van der Waals surface area contributed by atoms with Gasteiger partial charge in [0.05, 0.1) is 19.3 Å². The van der Waals surface area contributed by atoms with E-state index in [0.717, 1.165) is 77.9 Å². The van der Waals surface area contributed by atoms with Crippen molar-refractivity contribution in [3.8, 4) is 0 Å². The summed E-state index contributed by atoms with van der Waals surface area (Å²) in [5.41, 5.74) is 1.27. The average Bonchev–Trinajstić information content (AvgIpc) is 2.74. The SMILES string of the molecule is CCNC(=NCC1CCCOC1c1ccccc1)NCCN1CCOCC1.I. The maximum atomic E-state index is 6.10. The second-order valence-corrected chi connectivity index (χ2v) is 7.20. The van der Waals surface area contributed by atoms with Crippen molar-refractivity contribution in [2.24, 2.45) is 10.9 Å². The third-order valence-corrected chi connectivity index (χ3v) is 5.23. The number of nitrogens with one attached hydrogen (secondary N) is 2. The molecule has 7 heteroatoms. The lowest BCUT2D eigenvalue weighted by molar-refractivity contribution is -0.0250. The molecule has 0 radical (unpaired) electrons. The summed E-state index contributed by atoms with van der Waals surface area (Å²) in [7, 11) is 0. The van der Waals surface area contributed by atoms with Crippen LogP contribution in [0.15, 0.2) is 35.3 Å². The number of guanidine groups is 1. The van der Waals surface area contributed by atoms with E-state index < -0.39 is 0 Å². The van der Waals surface area contributed by atoms with Gasteiger partial charge in [0.25, 0.3) is 0 Å². The van der Waals surface area contributed by atoms with Crippen LogP contribution < -0.4 is 10.6 Å². The lowest BCUT2D eigenvalue weighted by atomic mass is 9.89. The van der Waals surface area contributed by atoms with Crippen LogP contribution in [-0.4, -0.2) is 69.9 Å². The monoisotopic (exact) mass is 502 g/mol. The number of ether oxygens (including phenoxy) is 2.